The van der Waals surface area contributed by atoms with Crippen molar-refractivity contribution in [2.45, 2.75) is 12.3 Å². The molecular formula is C17H18OS. The van der Waals surface area contributed by atoms with E-state index in [2.05, 4.69) is 6.26 Å². The molecule has 0 heterocycles. The molecule has 0 aliphatic carbocycles. The van der Waals surface area contributed by atoms with E-state index in [0.29, 0.717) is 0 Å². The second-order valence-electron chi connectivity index (χ2n) is 4.48. The van der Waals surface area contributed by atoms with Crippen molar-refractivity contribution in [2.75, 3.05) is 12.0 Å². The van der Waals surface area contributed by atoms with E-state index in [1.807, 2.05) is 60.7 Å². The van der Waals surface area contributed by atoms with Crippen molar-refractivity contribution in [1.82, 2.24) is 0 Å². The van der Waals surface area contributed by atoms with Gasteiger partial charge in [-0.1, -0.05) is 60.7 Å². The van der Waals surface area contributed by atoms with Crippen LogP contribution in [-0.2, 0) is 0 Å². The number of benzene rings is 2. The van der Waals surface area contributed by atoms with E-state index in [-0.39, 0.29) is 11.7 Å². The first-order valence-corrected chi connectivity index (χ1v) is 7.85. The van der Waals surface area contributed by atoms with Crippen molar-refractivity contribution in [3.05, 3.63) is 71.8 Å². The predicted octanol–water partition coefficient (Wildman–Crippen LogP) is 4.41. The van der Waals surface area contributed by atoms with Gasteiger partial charge in [-0.15, -0.1) is 0 Å². The maximum Gasteiger partial charge on any atom is 0.170 e. The van der Waals surface area contributed by atoms with Gasteiger partial charge in [-0.3, -0.25) is 4.79 Å². The SMILES string of the molecule is CSCC[C@@H](C(=O)c1ccccc1)c1ccccc1. The molecule has 0 bridgehead atoms. The molecule has 2 rings (SSSR count). The van der Waals surface area contributed by atoms with E-state index >= 15 is 0 Å². The zero-order valence-corrected chi connectivity index (χ0v) is 11.9. The lowest BCUT2D eigenvalue weighted by Gasteiger charge is -2.16. The first-order chi connectivity index (χ1) is 9.33. The van der Waals surface area contributed by atoms with Crippen molar-refractivity contribution >= 4 is 17.5 Å². The standard InChI is InChI=1S/C17H18OS/c1-19-13-12-16(14-8-4-2-5-9-14)17(18)15-10-6-3-7-11-15/h2-11,16H,12-13H2,1H3/t16-/m1/s1. The average molecular weight is 270 g/mol. The van der Waals surface area contributed by atoms with Crippen LogP contribution in [0.3, 0.4) is 0 Å². The number of carbonyl (C=O) groups is 1. The molecule has 0 fully saturated rings. The van der Waals surface area contributed by atoms with Gasteiger partial charge in [-0.25, -0.2) is 0 Å². The first kappa shape index (κ1) is 13.9. The van der Waals surface area contributed by atoms with Gasteiger partial charge in [0.05, 0.1) is 0 Å². The Labute approximate surface area is 119 Å². The lowest BCUT2D eigenvalue weighted by Crippen LogP contribution is -2.14. The molecule has 0 amide bonds. The predicted molar refractivity (Wildman–Crippen MR) is 83.0 cm³/mol. The second kappa shape index (κ2) is 7.15. The molecule has 0 radical (unpaired) electrons. The number of rotatable bonds is 6. The number of hydrogen-bond acceptors (Lipinski definition) is 2. The maximum absolute atomic E-state index is 12.6. The molecule has 0 unspecified atom stereocenters. The van der Waals surface area contributed by atoms with Gasteiger partial charge in [0.2, 0.25) is 0 Å². The zero-order chi connectivity index (χ0) is 13.5. The number of carbonyl (C=O) groups excluding carboxylic acids is 1. The minimum atomic E-state index is -0.0314. The highest BCUT2D eigenvalue weighted by Gasteiger charge is 2.21. The lowest BCUT2D eigenvalue weighted by atomic mass is 9.88. The summed E-state index contributed by atoms with van der Waals surface area (Å²) in [6, 6.07) is 19.7. The largest absolute Gasteiger partial charge is 0.293 e. The molecule has 0 saturated carbocycles. The zero-order valence-electron chi connectivity index (χ0n) is 11.1. The molecule has 0 saturated heterocycles. The van der Waals surface area contributed by atoms with Crippen LogP contribution < -0.4 is 0 Å². The Morgan fingerprint density at radius 3 is 2.16 bits per heavy atom. The molecule has 0 aromatic heterocycles. The van der Waals surface area contributed by atoms with Gasteiger partial charge in [-0.2, -0.15) is 11.8 Å². The number of Topliss-reactive ketones (excluding diaryl/α,β-unsaturated/α-hetero) is 1. The second-order valence-corrected chi connectivity index (χ2v) is 5.46. The van der Waals surface area contributed by atoms with Crippen LogP contribution in [0.4, 0.5) is 0 Å². The normalized spacial score (nSPS) is 12.1. The van der Waals surface area contributed by atoms with Crippen molar-refractivity contribution < 1.29 is 4.79 Å². The molecule has 2 aromatic carbocycles. The highest BCUT2D eigenvalue weighted by Crippen LogP contribution is 2.25. The fourth-order valence-electron chi connectivity index (χ4n) is 2.17. The minimum absolute atomic E-state index is 0.0314. The minimum Gasteiger partial charge on any atom is -0.293 e. The van der Waals surface area contributed by atoms with Crippen molar-refractivity contribution in [1.29, 1.82) is 0 Å². The molecular weight excluding hydrogens is 252 g/mol. The van der Waals surface area contributed by atoms with E-state index in [1.54, 1.807) is 11.8 Å². The Hall–Kier alpha value is -1.54. The summed E-state index contributed by atoms with van der Waals surface area (Å²) < 4.78 is 0. The van der Waals surface area contributed by atoms with Crippen LogP contribution in [-0.4, -0.2) is 17.8 Å². The molecule has 98 valence electrons. The van der Waals surface area contributed by atoms with Crippen LogP contribution in [0.15, 0.2) is 60.7 Å². The van der Waals surface area contributed by atoms with E-state index in [0.717, 1.165) is 23.3 Å². The Kier molecular flexibility index (Phi) is 5.22. The van der Waals surface area contributed by atoms with Crippen molar-refractivity contribution in [2.24, 2.45) is 0 Å². The summed E-state index contributed by atoms with van der Waals surface area (Å²) in [5.74, 6) is 1.19. The first-order valence-electron chi connectivity index (χ1n) is 6.46. The monoisotopic (exact) mass is 270 g/mol. The quantitative estimate of drug-likeness (QED) is 0.723. The summed E-state index contributed by atoms with van der Waals surface area (Å²) in [6.07, 6.45) is 2.97. The number of ketones is 1. The number of hydrogen-bond donors (Lipinski definition) is 0. The summed E-state index contributed by atoms with van der Waals surface area (Å²) in [6.45, 7) is 0. The van der Waals surface area contributed by atoms with Gasteiger partial charge < -0.3 is 0 Å². The summed E-state index contributed by atoms with van der Waals surface area (Å²) in [5.41, 5.74) is 1.92. The van der Waals surface area contributed by atoms with Gasteiger partial charge in [0.15, 0.2) is 5.78 Å². The van der Waals surface area contributed by atoms with Gasteiger partial charge >= 0.3 is 0 Å². The molecule has 1 nitrogen and oxygen atoms in total. The van der Waals surface area contributed by atoms with Gasteiger partial charge in [0, 0.05) is 11.5 Å². The summed E-state index contributed by atoms with van der Waals surface area (Å²) in [7, 11) is 0. The maximum atomic E-state index is 12.6. The highest BCUT2D eigenvalue weighted by molar-refractivity contribution is 7.98. The van der Waals surface area contributed by atoms with Crippen LogP contribution in [0.2, 0.25) is 0 Å². The van der Waals surface area contributed by atoms with Gasteiger partial charge in [0.25, 0.3) is 0 Å². The van der Waals surface area contributed by atoms with Crippen molar-refractivity contribution in [3.63, 3.8) is 0 Å². The van der Waals surface area contributed by atoms with Crippen LogP contribution >= 0.6 is 11.8 Å². The molecule has 2 aromatic rings. The Bertz CT molecular complexity index is 507. The fraction of sp³-hybridized carbons (Fsp3) is 0.235. The van der Waals surface area contributed by atoms with E-state index < -0.39 is 0 Å². The van der Waals surface area contributed by atoms with E-state index in [1.165, 1.54) is 0 Å². The summed E-state index contributed by atoms with van der Waals surface area (Å²) >= 11 is 1.78. The molecule has 0 spiro atoms. The van der Waals surface area contributed by atoms with E-state index in [9.17, 15) is 4.79 Å². The number of thioether (sulfide) groups is 1. The molecule has 19 heavy (non-hydrogen) atoms. The Morgan fingerprint density at radius 1 is 1.00 bits per heavy atom. The molecule has 1 atom stereocenters. The third kappa shape index (κ3) is 3.71. The van der Waals surface area contributed by atoms with Crippen molar-refractivity contribution in [3.8, 4) is 0 Å². The van der Waals surface area contributed by atoms with Crippen LogP contribution in [0.1, 0.15) is 28.3 Å². The smallest absolute Gasteiger partial charge is 0.170 e. The van der Waals surface area contributed by atoms with E-state index in [4.69, 9.17) is 0 Å². The highest BCUT2D eigenvalue weighted by atomic mass is 32.2. The topological polar surface area (TPSA) is 17.1 Å². The fourth-order valence-corrected chi connectivity index (χ4v) is 2.65. The Morgan fingerprint density at radius 2 is 1.58 bits per heavy atom. The molecule has 0 aliphatic rings. The average Bonchev–Trinajstić information content (AvgIpc) is 2.49. The molecule has 0 aliphatic heterocycles. The van der Waals surface area contributed by atoms with Gasteiger partial charge in [0.1, 0.15) is 0 Å². The van der Waals surface area contributed by atoms with Gasteiger partial charge in [-0.05, 0) is 24.0 Å². The third-order valence-corrected chi connectivity index (χ3v) is 3.83. The van der Waals surface area contributed by atoms with Crippen LogP contribution in [0.25, 0.3) is 0 Å². The lowest BCUT2D eigenvalue weighted by molar-refractivity contribution is 0.0958. The van der Waals surface area contributed by atoms with Crippen LogP contribution in [0.5, 0.6) is 0 Å². The summed E-state index contributed by atoms with van der Waals surface area (Å²) in [4.78, 5) is 12.6. The molecule has 0 N–H and O–H groups in total. The van der Waals surface area contributed by atoms with Crippen LogP contribution in [0, 0.1) is 0 Å². The summed E-state index contributed by atoms with van der Waals surface area (Å²) in [5, 5.41) is 0. The molecule has 2 heteroatoms. The Balaban J connectivity index is 2.25. The third-order valence-electron chi connectivity index (χ3n) is 3.19.